The number of carbonyl (C=O) groups excluding carboxylic acids is 1. The first-order valence-electron chi connectivity index (χ1n) is 10.2. The van der Waals surface area contributed by atoms with E-state index in [-0.39, 0.29) is 12.1 Å². The predicted molar refractivity (Wildman–Crippen MR) is 111 cm³/mol. The fourth-order valence-corrected chi connectivity index (χ4v) is 4.66. The Morgan fingerprint density at radius 1 is 1.14 bits per heavy atom. The summed E-state index contributed by atoms with van der Waals surface area (Å²) in [5.41, 5.74) is 1.76. The molecule has 1 unspecified atom stereocenters. The third kappa shape index (κ3) is 3.04. The van der Waals surface area contributed by atoms with Crippen LogP contribution in [-0.2, 0) is 0 Å². The molecule has 3 aliphatic rings. The number of piperidine rings is 1. The Hall–Kier alpha value is -2.83. The summed E-state index contributed by atoms with van der Waals surface area (Å²) in [6, 6.07) is 7.97. The fraction of sp³-hybridized carbons (Fsp3) is 0.476. The monoisotopic (exact) mass is 378 g/mol. The van der Waals surface area contributed by atoms with Gasteiger partial charge in [0, 0.05) is 32.4 Å². The van der Waals surface area contributed by atoms with E-state index in [0.29, 0.717) is 11.6 Å². The van der Waals surface area contributed by atoms with E-state index in [0.717, 1.165) is 49.9 Å². The van der Waals surface area contributed by atoms with Crippen LogP contribution in [0.1, 0.15) is 26.2 Å². The van der Waals surface area contributed by atoms with Crippen LogP contribution in [0, 0.1) is 5.92 Å². The molecule has 2 amide bonds. The molecule has 2 fully saturated rings. The van der Waals surface area contributed by atoms with Crippen LogP contribution in [0.2, 0.25) is 0 Å². The minimum Gasteiger partial charge on any atom is -0.366 e. The SMILES string of the molecule is CC1CCCN(c2ccc3c(n2)N(C(=O)Nc2cccnc2)[C@H]2CCN3C2)C1. The number of amides is 2. The smallest absolute Gasteiger partial charge is 0.327 e. The molecule has 2 bridgehead atoms. The number of carbonyl (C=O) groups is 1. The van der Waals surface area contributed by atoms with E-state index in [2.05, 4.69) is 39.2 Å². The zero-order valence-electron chi connectivity index (χ0n) is 16.2. The molecule has 3 aliphatic heterocycles. The van der Waals surface area contributed by atoms with E-state index in [9.17, 15) is 4.79 Å². The molecule has 0 saturated carbocycles. The third-order valence-corrected chi connectivity index (χ3v) is 6.05. The molecule has 2 saturated heterocycles. The van der Waals surface area contributed by atoms with Gasteiger partial charge < -0.3 is 15.1 Å². The van der Waals surface area contributed by atoms with Gasteiger partial charge in [-0.25, -0.2) is 9.78 Å². The van der Waals surface area contributed by atoms with E-state index in [1.807, 2.05) is 17.0 Å². The molecule has 0 aromatic carbocycles. The molecule has 0 radical (unpaired) electrons. The molecule has 2 aromatic heterocycles. The van der Waals surface area contributed by atoms with Gasteiger partial charge in [0.1, 0.15) is 5.82 Å². The maximum Gasteiger partial charge on any atom is 0.327 e. The topological polar surface area (TPSA) is 64.6 Å². The maximum atomic E-state index is 13.2. The van der Waals surface area contributed by atoms with Gasteiger partial charge in [-0.1, -0.05) is 6.92 Å². The van der Waals surface area contributed by atoms with Crippen molar-refractivity contribution in [3.8, 4) is 0 Å². The second-order valence-electron chi connectivity index (χ2n) is 8.14. The Kier molecular flexibility index (Phi) is 4.30. The van der Waals surface area contributed by atoms with Crippen LogP contribution in [0.4, 0.5) is 27.8 Å². The zero-order valence-corrected chi connectivity index (χ0v) is 16.2. The first kappa shape index (κ1) is 17.3. The average Bonchev–Trinajstić information content (AvgIpc) is 3.13. The van der Waals surface area contributed by atoms with Gasteiger partial charge in [0.2, 0.25) is 0 Å². The van der Waals surface area contributed by atoms with E-state index in [1.54, 1.807) is 12.4 Å². The lowest BCUT2D eigenvalue weighted by Gasteiger charge is -2.37. The number of anilines is 4. The number of nitrogens with zero attached hydrogens (tertiary/aromatic N) is 5. The summed E-state index contributed by atoms with van der Waals surface area (Å²) in [6.07, 6.45) is 6.81. The van der Waals surface area contributed by atoms with Crippen molar-refractivity contribution in [2.24, 2.45) is 5.92 Å². The molecule has 7 heteroatoms. The Bertz CT molecular complexity index is 872. The van der Waals surface area contributed by atoms with Crippen molar-refractivity contribution in [1.82, 2.24) is 9.97 Å². The molecule has 28 heavy (non-hydrogen) atoms. The fourth-order valence-electron chi connectivity index (χ4n) is 4.66. The van der Waals surface area contributed by atoms with E-state index in [4.69, 9.17) is 4.98 Å². The van der Waals surface area contributed by atoms with Crippen molar-refractivity contribution in [1.29, 1.82) is 0 Å². The number of hydrogen-bond donors (Lipinski definition) is 1. The van der Waals surface area contributed by atoms with Crippen LogP contribution in [0.5, 0.6) is 0 Å². The zero-order chi connectivity index (χ0) is 19.1. The van der Waals surface area contributed by atoms with Gasteiger partial charge in [-0.05, 0) is 49.4 Å². The van der Waals surface area contributed by atoms with Gasteiger partial charge in [0.05, 0.1) is 23.6 Å². The summed E-state index contributed by atoms with van der Waals surface area (Å²) in [7, 11) is 0. The van der Waals surface area contributed by atoms with Crippen LogP contribution < -0.4 is 20.0 Å². The van der Waals surface area contributed by atoms with Crippen LogP contribution >= 0.6 is 0 Å². The number of nitrogens with one attached hydrogen (secondary N) is 1. The molecule has 0 aliphatic carbocycles. The van der Waals surface area contributed by atoms with Gasteiger partial charge in [0.15, 0.2) is 5.82 Å². The Morgan fingerprint density at radius 3 is 2.89 bits per heavy atom. The standard InChI is InChI=1S/C21H26N6O/c1-15-4-3-10-26(13-15)19-7-6-18-20(24-19)27(17-8-11-25(18)14-17)21(28)23-16-5-2-9-22-12-16/h2,5-7,9,12,15,17H,3-4,8,10-11,13-14H2,1H3,(H,23,28)/t15?,17-/m0/s1. The second kappa shape index (κ2) is 6.96. The minimum atomic E-state index is -0.127. The van der Waals surface area contributed by atoms with Crippen LogP contribution in [0.15, 0.2) is 36.7 Å². The molecular formula is C21H26N6O. The van der Waals surface area contributed by atoms with Gasteiger partial charge in [-0.15, -0.1) is 0 Å². The highest BCUT2D eigenvalue weighted by atomic mass is 16.2. The van der Waals surface area contributed by atoms with Crippen LogP contribution in [-0.4, -0.2) is 48.2 Å². The van der Waals surface area contributed by atoms with Crippen molar-refractivity contribution in [2.45, 2.75) is 32.2 Å². The van der Waals surface area contributed by atoms with Crippen molar-refractivity contribution in [3.05, 3.63) is 36.7 Å². The highest BCUT2D eigenvalue weighted by Crippen LogP contribution is 2.40. The molecule has 0 spiro atoms. The number of pyridine rings is 2. The van der Waals surface area contributed by atoms with Gasteiger partial charge in [-0.2, -0.15) is 0 Å². The number of urea groups is 1. The lowest BCUT2D eigenvalue weighted by molar-refractivity contribution is 0.255. The number of rotatable bonds is 2. The first-order chi connectivity index (χ1) is 13.7. The minimum absolute atomic E-state index is 0.127. The quantitative estimate of drug-likeness (QED) is 0.868. The first-order valence-corrected chi connectivity index (χ1v) is 10.2. The maximum absolute atomic E-state index is 13.2. The normalized spacial score (nSPS) is 23.5. The Morgan fingerprint density at radius 2 is 2.07 bits per heavy atom. The number of hydrogen-bond acceptors (Lipinski definition) is 5. The van der Waals surface area contributed by atoms with Crippen molar-refractivity contribution in [2.75, 3.05) is 46.2 Å². The van der Waals surface area contributed by atoms with Crippen LogP contribution in [0.3, 0.4) is 0 Å². The lowest BCUT2D eigenvalue weighted by Crippen LogP contribution is -2.48. The van der Waals surface area contributed by atoms with Crippen molar-refractivity contribution < 1.29 is 4.79 Å². The Labute approximate surface area is 165 Å². The molecule has 7 nitrogen and oxygen atoms in total. The summed E-state index contributed by atoms with van der Waals surface area (Å²) in [5.74, 6) is 2.44. The third-order valence-electron chi connectivity index (χ3n) is 6.05. The highest BCUT2D eigenvalue weighted by Gasteiger charge is 2.40. The molecule has 5 rings (SSSR count). The van der Waals surface area contributed by atoms with E-state index >= 15 is 0 Å². The van der Waals surface area contributed by atoms with Gasteiger partial charge >= 0.3 is 6.03 Å². The molecule has 2 atom stereocenters. The number of aromatic nitrogens is 2. The summed E-state index contributed by atoms with van der Waals surface area (Å²) < 4.78 is 0. The summed E-state index contributed by atoms with van der Waals surface area (Å²) in [4.78, 5) is 28.8. The average molecular weight is 378 g/mol. The van der Waals surface area contributed by atoms with E-state index in [1.165, 1.54) is 12.8 Å². The molecule has 146 valence electrons. The van der Waals surface area contributed by atoms with E-state index < -0.39 is 0 Å². The highest BCUT2D eigenvalue weighted by molar-refractivity contribution is 6.04. The molecule has 2 aromatic rings. The van der Waals surface area contributed by atoms with Crippen LogP contribution in [0.25, 0.3) is 0 Å². The Balaban J connectivity index is 1.47. The molecule has 1 N–H and O–H groups in total. The van der Waals surface area contributed by atoms with Crippen molar-refractivity contribution >= 4 is 29.0 Å². The summed E-state index contributed by atoms with van der Waals surface area (Å²) in [5, 5.41) is 2.99. The van der Waals surface area contributed by atoms with Gasteiger partial charge in [-0.3, -0.25) is 9.88 Å². The van der Waals surface area contributed by atoms with Gasteiger partial charge in [0.25, 0.3) is 0 Å². The summed E-state index contributed by atoms with van der Waals surface area (Å²) >= 11 is 0. The lowest BCUT2D eigenvalue weighted by atomic mass is 10.0. The predicted octanol–water partition coefficient (Wildman–Crippen LogP) is 3.34. The number of fused-ring (bicyclic) bond motifs is 4. The molecular weight excluding hydrogens is 352 g/mol. The largest absolute Gasteiger partial charge is 0.366 e. The second-order valence-corrected chi connectivity index (χ2v) is 8.14. The summed E-state index contributed by atoms with van der Waals surface area (Å²) in [6.45, 7) is 6.20. The van der Waals surface area contributed by atoms with Crippen molar-refractivity contribution in [3.63, 3.8) is 0 Å². The molecule has 5 heterocycles.